The van der Waals surface area contributed by atoms with Gasteiger partial charge in [-0.05, 0) is 35.6 Å². The maximum absolute atomic E-state index is 12.1. The Labute approximate surface area is 190 Å². The molecule has 32 heavy (non-hydrogen) atoms. The first-order valence-electron chi connectivity index (χ1n) is 11.6. The van der Waals surface area contributed by atoms with E-state index in [1.54, 1.807) is 0 Å². The van der Waals surface area contributed by atoms with E-state index in [2.05, 4.69) is 80.4 Å². The van der Waals surface area contributed by atoms with Crippen molar-refractivity contribution in [2.45, 2.75) is 53.2 Å². The molecule has 1 aliphatic rings. The molecule has 0 fully saturated rings. The van der Waals surface area contributed by atoms with Crippen LogP contribution in [0.2, 0.25) is 0 Å². The quantitative estimate of drug-likeness (QED) is 0.615. The average Bonchev–Trinajstić information content (AvgIpc) is 3.10. The predicted molar refractivity (Wildman–Crippen MR) is 127 cm³/mol. The van der Waals surface area contributed by atoms with Crippen LogP contribution in [0.3, 0.4) is 0 Å². The lowest BCUT2D eigenvalue weighted by molar-refractivity contribution is -0.124. The van der Waals surface area contributed by atoms with Crippen LogP contribution >= 0.6 is 0 Å². The zero-order valence-corrected chi connectivity index (χ0v) is 19.3. The normalized spacial score (nSPS) is 15.1. The van der Waals surface area contributed by atoms with E-state index < -0.39 is 0 Å². The fraction of sp³-hybridized carbons (Fsp3) is 0.423. The molecule has 0 radical (unpaired) electrons. The number of benzene rings is 2. The number of rotatable bonds is 7. The van der Waals surface area contributed by atoms with Crippen molar-refractivity contribution in [1.82, 2.24) is 25.0 Å². The topological polar surface area (TPSA) is 63.1 Å². The molecule has 0 spiro atoms. The number of hydrogen-bond donors (Lipinski definition) is 1. The second kappa shape index (κ2) is 10.1. The molecule has 2 heterocycles. The van der Waals surface area contributed by atoms with Crippen molar-refractivity contribution in [1.29, 1.82) is 0 Å². The number of fused-ring (bicyclic) bond motifs is 1. The molecule has 0 saturated carbocycles. The molecule has 6 nitrogen and oxygen atoms in total. The molecule has 4 rings (SSSR count). The van der Waals surface area contributed by atoms with Crippen LogP contribution in [-0.2, 0) is 30.8 Å². The highest BCUT2D eigenvalue weighted by Crippen LogP contribution is 2.24. The minimum atomic E-state index is 0.0224. The highest BCUT2D eigenvalue weighted by molar-refractivity contribution is 5.78. The summed E-state index contributed by atoms with van der Waals surface area (Å²) >= 11 is 0. The Bertz CT molecular complexity index is 1060. The number of aryl methyl sites for hydroxylation is 1. The van der Waals surface area contributed by atoms with Gasteiger partial charge < -0.3 is 9.88 Å². The third-order valence-corrected chi connectivity index (χ3v) is 6.49. The number of carbonyl (C=O) groups is 1. The van der Waals surface area contributed by atoms with Crippen LogP contribution in [0.15, 0.2) is 48.5 Å². The lowest BCUT2D eigenvalue weighted by Gasteiger charge is -2.20. The minimum absolute atomic E-state index is 0.0224. The molecular formula is C26H33N5O. The SMILES string of the molecule is CCC(C)C(=O)NCc1nnc2n1CCN(Cc1ccc(-c3ccccc3C)cc1)CC2. The minimum Gasteiger partial charge on any atom is -0.349 e. The average molecular weight is 432 g/mol. The molecular weight excluding hydrogens is 398 g/mol. The first kappa shape index (κ1) is 22.2. The summed E-state index contributed by atoms with van der Waals surface area (Å²) < 4.78 is 2.18. The van der Waals surface area contributed by atoms with Gasteiger partial charge in [0.15, 0.2) is 5.82 Å². The summed E-state index contributed by atoms with van der Waals surface area (Å²) in [7, 11) is 0. The molecule has 2 aromatic carbocycles. The molecule has 168 valence electrons. The highest BCUT2D eigenvalue weighted by Gasteiger charge is 2.20. The van der Waals surface area contributed by atoms with Gasteiger partial charge in [-0.2, -0.15) is 0 Å². The Morgan fingerprint density at radius 3 is 2.59 bits per heavy atom. The Kier molecular flexibility index (Phi) is 7.00. The molecule has 1 amide bonds. The molecule has 0 aliphatic carbocycles. The molecule has 0 bridgehead atoms. The molecule has 0 saturated heterocycles. The van der Waals surface area contributed by atoms with Gasteiger partial charge in [-0.15, -0.1) is 10.2 Å². The number of amides is 1. The molecule has 1 aliphatic heterocycles. The van der Waals surface area contributed by atoms with Crippen molar-refractivity contribution in [2.24, 2.45) is 5.92 Å². The van der Waals surface area contributed by atoms with E-state index in [0.717, 1.165) is 50.7 Å². The lowest BCUT2D eigenvalue weighted by Crippen LogP contribution is -2.30. The monoisotopic (exact) mass is 431 g/mol. The standard InChI is InChI=1S/C26H33N5O/c1-4-19(2)26(32)27-17-25-29-28-24-13-14-30(15-16-31(24)25)18-21-9-11-22(12-10-21)23-8-6-5-7-20(23)3/h5-12,19H,4,13-18H2,1-3H3,(H,27,32). The molecule has 1 aromatic heterocycles. The summed E-state index contributed by atoms with van der Waals surface area (Å²) in [4.78, 5) is 14.6. The van der Waals surface area contributed by atoms with Gasteiger partial charge in [0.05, 0.1) is 6.54 Å². The molecule has 1 atom stereocenters. The van der Waals surface area contributed by atoms with E-state index in [1.165, 1.54) is 22.3 Å². The van der Waals surface area contributed by atoms with Crippen molar-refractivity contribution >= 4 is 5.91 Å². The summed E-state index contributed by atoms with van der Waals surface area (Å²) in [5.74, 6) is 1.96. The Morgan fingerprint density at radius 2 is 1.84 bits per heavy atom. The largest absolute Gasteiger partial charge is 0.349 e. The Hall–Kier alpha value is -2.99. The van der Waals surface area contributed by atoms with Crippen molar-refractivity contribution in [3.05, 3.63) is 71.3 Å². The van der Waals surface area contributed by atoms with E-state index in [4.69, 9.17) is 0 Å². The van der Waals surface area contributed by atoms with Crippen LogP contribution in [0.5, 0.6) is 0 Å². The van der Waals surface area contributed by atoms with Gasteiger partial charge in [0.25, 0.3) is 0 Å². The van der Waals surface area contributed by atoms with Crippen molar-refractivity contribution < 1.29 is 4.79 Å². The Morgan fingerprint density at radius 1 is 1.06 bits per heavy atom. The number of carbonyl (C=O) groups excluding carboxylic acids is 1. The zero-order chi connectivity index (χ0) is 22.5. The molecule has 1 unspecified atom stereocenters. The molecule has 1 N–H and O–H groups in total. The second-order valence-electron chi connectivity index (χ2n) is 8.75. The van der Waals surface area contributed by atoms with E-state index in [-0.39, 0.29) is 11.8 Å². The summed E-state index contributed by atoms with van der Waals surface area (Å²) in [5, 5.41) is 11.7. The predicted octanol–water partition coefficient (Wildman–Crippen LogP) is 3.97. The van der Waals surface area contributed by atoms with Crippen molar-refractivity contribution in [3.8, 4) is 11.1 Å². The van der Waals surface area contributed by atoms with Gasteiger partial charge in [0.1, 0.15) is 5.82 Å². The molecule has 3 aromatic rings. The van der Waals surface area contributed by atoms with E-state index in [0.29, 0.717) is 6.54 Å². The maximum Gasteiger partial charge on any atom is 0.223 e. The van der Waals surface area contributed by atoms with Crippen LogP contribution in [0, 0.1) is 12.8 Å². The number of nitrogens with zero attached hydrogens (tertiary/aromatic N) is 4. The Balaban J connectivity index is 1.36. The van der Waals surface area contributed by atoms with Crippen molar-refractivity contribution in [2.75, 3.05) is 13.1 Å². The van der Waals surface area contributed by atoms with E-state index in [9.17, 15) is 4.79 Å². The van der Waals surface area contributed by atoms with Crippen molar-refractivity contribution in [3.63, 3.8) is 0 Å². The van der Waals surface area contributed by atoms with Gasteiger partial charge in [0, 0.05) is 38.5 Å². The first-order valence-corrected chi connectivity index (χ1v) is 11.6. The summed E-state index contributed by atoms with van der Waals surface area (Å²) in [6.45, 7) is 10.2. The second-order valence-corrected chi connectivity index (χ2v) is 8.75. The van der Waals surface area contributed by atoms with Crippen LogP contribution in [0.4, 0.5) is 0 Å². The summed E-state index contributed by atoms with van der Waals surface area (Å²) in [6.07, 6.45) is 1.71. The van der Waals surface area contributed by atoms with Crippen LogP contribution in [0.25, 0.3) is 11.1 Å². The highest BCUT2D eigenvalue weighted by atomic mass is 16.1. The number of hydrogen-bond acceptors (Lipinski definition) is 4. The fourth-order valence-electron chi connectivity index (χ4n) is 4.19. The number of nitrogens with one attached hydrogen (secondary N) is 1. The fourth-order valence-corrected chi connectivity index (χ4v) is 4.19. The van der Waals surface area contributed by atoms with Gasteiger partial charge >= 0.3 is 0 Å². The first-order chi connectivity index (χ1) is 15.5. The third kappa shape index (κ3) is 5.07. The maximum atomic E-state index is 12.1. The third-order valence-electron chi connectivity index (χ3n) is 6.49. The van der Waals surface area contributed by atoms with Gasteiger partial charge in [-0.3, -0.25) is 9.69 Å². The summed E-state index contributed by atoms with van der Waals surface area (Å²) in [5.41, 5.74) is 5.17. The van der Waals surface area contributed by atoms with E-state index in [1.807, 2.05) is 13.8 Å². The van der Waals surface area contributed by atoms with Crippen LogP contribution in [0.1, 0.15) is 43.0 Å². The lowest BCUT2D eigenvalue weighted by atomic mass is 9.99. The summed E-state index contributed by atoms with van der Waals surface area (Å²) in [6, 6.07) is 17.4. The van der Waals surface area contributed by atoms with E-state index >= 15 is 0 Å². The smallest absolute Gasteiger partial charge is 0.223 e. The van der Waals surface area contributed by atoms with Crippen LogP contribution in [-0.4, -0.2) is 38.7 Å². The number of aromatic nitrogens is 3. The molecule has 6 heteroatoms. The van der Waals surface area contributed by atoms with Gasteiger partial charge in [0.2, 0.25) is 5.91 Å². The zero-order valence-electron chi connectivity index (χ0n) is 19.3. The van der Waals surface area contributed by atoms with Gasteiger partial charge in [-0.25, -0.2) is 0 Å². The van der Waals surface area contributed by atoms with Crippen LogP contribution < -0.4 is 5.32 Å². The van der Waals surface area contributed by atoms with Gasteiger partial charge in [-0.1, -0.05) is 62.4 Å².